The van der Waals surface area contributed by atoms with Gasteiger partial charge in [0.05, 0.1) is 6.10 Å². The molecule has 0 amide bonds. The molecule has 0 saturated heterocycles. The van der Waals surface area contributed by atoms with E-state index in [4.69, 9.17) is 4.43 Å². The van der Waals surface area contributed by atoms with Gasteiger partial charge in [-0.15, -0.1) is 0 Å². The Kier molecular flexibility index (Phi) is 5.46. The van der Waals surface area contributed by atoms with E-state index in [1.54, 1.807) is 0 Å². The van der Waals surface area contributed by atoms with Gasteiger partial charge >= 0.3 is 0 Å². The number of rotatable bonds is 5. The highest BCUT2D eigenvalue weighted by Crippen LogP contribution is 2.61. The van der Waals surface area contributed by atoms with Crippen LogP contribution >= 0.6 is 0 Å². The molecule has 3 heteroatoms. The second-order valence-corrected chi connectivity index (χ2v) is 15.3. The summed E-state index contributed by atoms with van der Waals surface area (Å²) in [5.74, 6) is 0.422. The van der Waals surface area contributed by atoms with Crippen molar-refractivity contribution in [3.63, 3.8) is 0 Å². The zero-order valence-corrected chi connectivity index (χ0v) is 18.8. The van der Waals surface area contributed by atoms with Crippen molar-refractivity contribution in [3.05, 3.63) is 35.4 Å². The number of fused-ring (bicyclic) bond motifs is 3. The first-order valence-electron chi connectivity index (χ1n) is 10.6. The van der Waals surface area contributed by atoms with Gasteiger partial charge in [0.1, 0.15) is 0 Å². The van der Waals surface area contributed by atoms with Crippen molar-refractivity contribution in [2.75, 3.05) is 0 Å². The van der Waals surface area contributed by atoms with Gasteiger partial charge in [-0.05, 0) is 52.9 Å². The van der Waals surface area contributed by atoms with Crippen molar-refractivity contribution in [2.45, 2.75) is 102 Å². The van der Waals surface area contributed by atoms with Crippen LogP contribution < -0.4 is 0 Å². The lowest BCUT2D eigenvalue weighted by Crippen LogP contribution is -2.51. The molecule has 1 saturated carbocycles. The van der Waals surface area contributed by atoms with E-state index in [1.807, 2.05) is 0 Å². The minimum Gasteiger partial charge on any atom is -0.413 e. The largest absolute Gasteiger partial charge is 0.413 e. The van der Waals surface area contributed by atoms with Crippen LogP contribution in [0, 0.1) is 5.41 Å². The molecular formula is C23H38O2Si. The minimum absolute atomic E-state index is 0.0265. The van der Waals surface area contributed by atoms with E-state index in [-0.39, 0.29) is 11.5 Å². The first kappa shape index (κ1) is 20.1. The van der Waals surface area contributed by atoms with Crippen molar-refractivity contribution in [1.29, 1.82) is 0 Å². The summed E-state index contributed by atoms with van der Waals surface area (Å²) < 4.78 is 7.12. The molecule has 26 heavy (non-hydrogen) atoms. The fourth-order valence-electron chi connectivity index (χ4n) is 6.34. The van der Waals surface area contributed by atoms with Crippen LogP contribution in [0.3, 0.4) is 0 Å². The van der Waals surface area contributed by atoms with Gasteiger partial charge in [0, 0.05) is 11.5 Å². The monoisotopic (exact) mass is 374 g/mol. The Morgan fingerprint density at radius 2 is 1.54 bits per heavy atom. The molecule has 2 aliphatic carbocycles. The number of benzene rings is 1. The van der Waals surface area contributed by atoms with E-state index in [0.29, 0.717) is 28.6 Å². The van der Waals surface area contributed by atoms with E-state index in [9.17, 15) is 5.11 Å². The number of hydrogen-bond donors (Lipinski definition) is 1. The molecule has 1 N–H and O–H groups in total. The molecule has 0 unspecified atom stereocenters. The molecular weight excluding hydrogens is 336 g/mol. The fourth-order valence-corrected chi connectivity index (χ4v) is 12.0. The van der Waals surface area contributed by atoms with Crippen molar-refractivity contribution in [3.8, 4) is 0 Å². The van der Waals surface area contributed by atoms with Crippen LogP contribution in [0.1, 0.15) is 90.9 Å². The third-order valence-electron chi connectivity index (χ3n) is 7.67. The topological polar surface area (TPSA) is 29.5 Å². The standard InChI is InChI=1S/C23H38O2Si/c1-15(2)26(16(3)4,17(5)6)25-18-12-13-23(7)21(14-18)19-10-8-9-11-20(19)22(23)24/h8-11,15-18,21-22,24H,12-14H2,1-7H3/t18-,21-,22-,23-/m0/s1. The first-order chi connectivity index (χ1) is 12.1. The lowest BCUT2D eigenvalue weighted by Gasteiger charge is -2.49. The van der Waals surface area contributed by atoms with Gasteiger partial charge < -0.3 is 9.53 Å². The predicted molar refractivity (Wildman–Crippen MR) is 112 cm³/mol. The summed E-state index contributed by atoms with van der Waals surface area (Å²) in [7, 11) is -1.85. The van der Waals surface area contributed by atoms with Crippen LogP contribution in [0.2, 0.25) is 16.6 Å². The average molecular weight is 375 g/mol. The fraction of sp³-hybridized carbons (Fsp3) is 0.739. The van der Waals surface area contributed by atoms with Crippen molar-refractivity contribution >= 4 is 8.32 Å². The van der Waals surface area contributed by atoms with Gasteiger partial charge in [-0.2, -0.15) is 0 Å². The molecule has 4 atom stereocenters. The third kappa shape index (κ3) is 2.91. The zero-order valence-electron chi connectivity index (χ0n) is 17.8. The van der Waals surface area contributed by atoms with Crippen molar-refractivity contribution in [1.82, 2.24) is 0 Å². The Bertz CT molecular complexity index is 617. The van der Waals surface area contributed by atoms with Crippen LogP contribution in [0.4, 0.5) is 0 Å². The number of aliphatic hydroxyl groups is 1. The Morgan fingerprint density at radius 3 is 2.08 bits per heavy atom. The van der Waals surface area contributed by atoms with E-state index in [1.165, 1.54) is 5.56 Å². The van der Waals surface area contributed by atoms with E-state index < -0.39 is 8.32 Å². The lowest BCUT2D eigenvalue weighted by atomic mass is 9.66. The second kappa shape index (κ2) is 7.07. The normalized spacial score (nSPS) is 31.6. The smallest absolute Gasteiger partial charge is 0.200 e. The van der Waals surface area contributed by atoms with Gasteiger partial charge in [-0.3, -0.25) is 0 Å². The SMILES string of the molecule is CC(C)[Si](O[C@H]1CC[C@]2(C)[C@@H](O)c3ccccc3[C@@H]2C1)(C(C)C)C(C)C. The quantitative estimate of drug-likeness (QED) is 0.591. The molecule has 0 spiro atoms. The summed E-state index contributed by atoms with van der Waals surface area (Å²) >= 11 is 0. The molecule has 0 aliphatic heterocycles. The van der Waals surface area contributed by atoms with Crippen molar-refractivity contribution < 1.29 is 9.53 Å². The summed E-state index contributed by atoms with van der Waals surface area (Å²) in [6.45, 7) is 16.5. The van der Waals surface area contributed by atoms with E-state index in [2.05, 4.69) is 72.7 Å². The van der Waals surface area contributed by atoms with Gasteiger partial charge in [0.15, 0.2) is 0 Å². The lowest BCUT2D eigenvalue weighted by molar-refractivity contribution is -0.0206. The molecule has 1 aromatic carbocycles. The van der Waals surface area contributed by atoms with Crippen LogP contribution in [-0.2, 0) is 4.43 Å². The highest BCUT2D eigenvalue weighted by Gasteiger charge is 2.54. The maximum absolute atomic E-state index is 11.0. The first-order valence-corrected chi connectivity index (χ1v) is 12.7. The Balaban J connectivity index is 1.88. The second-order valence-electron chi connectivity index (χ2n) is 9.92. The summed E-state index contributed by atoms with van der Waals surface area (Å²) in [5, 5.41) is 11.0. The molecule has 0 bridgehead atoms. The maximum Gasteiger partial charge on any atom is 0.200 e. The molecule has 146 valence electrons. The van der Waals surface area contributed by atoms with Gasteiger partial charge in [-0.25, -0.2) is 0 Å². The van der Waals surface area contributed by atoms with Gasteiger partial charge in [0.25, 0.3) is 0 Å². The van der Waals surface area contributed by atoms with Crippen LogP contribution in [-0.4, -0.2) is 19.5 Å². The summed E-state index contributed by atoms with van der Waals surface area (Å²) in [6.07, 6.45) is 3.21. The van der Waals surface area contributed by atoms with Crippen LogP contribution in [0.5, 0.6) is 0 Å². The molecule has 1 fully saturated rings. The van der Waals surface area contributed by atoms with Gasteiger partial charge in [0.2, 0.25) is 8.32 Å². The zero-order chi connectivity index (χ0) is 19.3. The van der Waals surface area contributed by atoms with Crippen LogP contribution in [0.15, 0.2) is 24.3 Å². The summed E-state index contributed by atoms with van der Waals surface area (Å²) in [4.78, 5) is 0. The summed E-state index contributed by atoms with van der Waals surface area (Å²) in [6, 6.07) is 8.53. The van der Waals surface area contributed by atoms with Crippen LogP contribution in [0.25, 0.3) is 0 Å². The number of aliphatic hydroxyl groups excluding tert-OH is 1. The molecule has 2 aliphatic rings. The molecule has 3 rings (SSSR count). The minimum atomic E-state index is -1.85. The Labute approximate surface area is 161 Å². The predicted octanol–water partition coefficient (Wildman–Crippen LogP) is 6.57. The number of hydrogen-bond acceptors (Lipinski definition) is 2. The summed E-state index contributed by atoms with van der Waals surface area (Å²) in [5.41, 5.74) is 4.36. The molecule has 0 aromatic heterocycles. The molecule has 2 nitrogen and oxygen atoms in total. The van der Waals surface area contributed by atoms with E-state index in [0.717, 1.165) is 24.8 Å². The van der Waals surface area contributed by atoms with Gasteiger partial charge in [-0.1, -0.05) is 72.7 Å². The Hall–Kier alpha value is -0.643. The van der Waals surface area contributed by atoms with Crippen molar-refractivity contribution in [2.24, 2.45) is 5.41 Å². The highest BCUT2D eigenvalue weighted by atomic mass is 28.4. The molecule has 1 aromatic rings. The Morgan fingerprint density at radius 1 is 1.00 bits per heavy atom. The average Bonchev–Trinajstić information content (AvgIpc) is 2.80. The van der Waals surface area contributed by atoms with E-state index >= 15 is 0 Å². The third-order valence-corrected chi connectivity index (χ3v) is 13.8. The molecule has 0 radical (unpaired) electrons. The highest BCUT2D eigenvalue weighted by molar-refractivity contribution is 6.77. The molecule has 0 heterocycles. The maximum atomic E-state index is 11.0.